The van der Waals surface area contributed by atoms with Crippen molar-refractivity contribution in [2.75, 3.05) is 18.0 Å². The number of halogens is 1. The monoisotopic (exact) mass is 350 g/mol. The summed E-state index contributed by atoms with van der Waals surface area (Å²) in [5.74, 6) is 5.18. The molecule has 0 radical (unpaired) electrons. The molecule has 0 aliphatic carbocycles. The average molecular weight is 350 g/mol. The molecular formula is C21H19FN2O2. The number of nitrogens with zero attached hydrogens (tertiary/aromatic N) is 1. The number of hydrogen-bond donors (Lipinski definition) is 1. The molecule has 0 bridgehead atoms. The van der Waals surface area contributed by atoms with E-state index in [1.54, 1.807) is 11.0 Å². The molecular weight excluding hydrogens is 331 g/mol. The molecule has 1 heterocycles. The number of amides is 2. The fourth-order valence-electron chi connectivity index (χ4n) is 2.81. The van der Waals surface area contributed by atoms with Crippen LogP contribution in [0.4, 0.5) is 10.1 Å². The first-order chi connectivity index (χ1) is 12.6. The lowest BCUT2D eigenvalue weighted by molar-refractivity contribution is -0.119. The molecule has 0 spiro atoms. The van der Waals surface area contributed by atoms with E-state index in [0.717, 1.165) is 30.6 Å². The molecule has 1 saturated heterocycles. The Hall–Kier alpha value is -3.13. The highest BCUT2D eigenvalue weighted by molar-refractivity contribution is 5.94. The molecule has 2 aromatic rings. The van der Waals surface area contributed by atoms with Crippen LogP contribution in [0.2, 0.25) is 0 Å². The van der Waals surface area contributed by atoms with Crippen LogP contribution in [0.5, 0.6) is 0 Å². The number of nitrogens with one attached hydrogen (secondary N) is 1. The first-order valence-corrected chi connectivity index (χ1v) is 8.56. The van der Waals surface area contributed by atoms with E-state index in [1.165, 1.54) is 18.2 Å². The molecule has 132 valence electrons. The Balaban J connectivity index is 1.55. The molecule has 3 rings (SSSR count). The topological polar surface area (TPSA) is 49.4 Å². The predicted molar refractivity (Wildman–Crippen MR) is 98.3 cm³/mol. The summed E-state index contributed by atoms with van der Waals surface area (Å²) in [6.45, 7) is 0.928. The first kappa shape index (κ1) is 17.7. The molecule has 26 heavy (non-hydrogen) atoms. The lowest BCUT2D eigenvalue weighted by atomic mass is 10.1. The second kappa shape index (κ2) is 8.30. The molecule has 0 atom stereocenters. The minimum absolute atomic E-state index is 0.162. The Morgan fingerprint density at radius 2 is 1.96 bits per heavy atom. The zero-order chi connectivity index (χ0) is 18.4. The summed E-state index contributed by atoms with van der Waals surface area (Å²) < 4.78 is 13.1. The Kier molecular flexibility index (Phi) is 5.65. The van der Waals surface area contributed by atoms with E-state index in [2.05, 4.69) is 17.2 Å². The molecule has 0 saturated carbocycles. The zero-order valence-electron chi connectivity index (χ0n) is 14.3. The summed E-state index contributed by atoms with van der Waals surface area (Å²) in [5.41, 5.74) is 1.96. The Labute approximate surface area is 152 Å². The molecule has 4 nitrogen and oxygen atoms in total. The van der Waals surface area contributed by atoms with Crippen LogP contribution in [-0.2, 0) is 4.79 Å². The second-order valence-corrected chi connectivity index (χ2v) is 6.04. The van der Waals surface area contributed by atoms with Gasteiger partial charge in [-0.3, -0.25) is 9.59 Å². The number of carbonyl (C=O) groups is 2. The smallest absolute Gasteiger partial charge is 0.252 e. The summed E-state index contributed by atoms with van der Waals surface area (Å²) in [6.07, 6.45) is 2.59. The van der Waals surface area contributed by atoms with E-state index in [1.807, 2.05) is 24.3 Å². The molecule has 1 fully saturated rings. The molecule has 5 heteroatoms. The number of benzene rings is 2. The molecule has 1 aliphatic heterocycles. The third-order valence-corrected chi connectivity index (χ3v) is 4.16. The van der Waals surface area contributed by atoms with Gasteiger partial charge in [0.05, 0.1) is 6.54 Å². The fourth-order valence-corrected chi connectivity index (χ4v) is 2.81. The Morgan fingerprint density at radius 3 is 2.69 bits per heavy atom. The van der Waals surface area contributed by atoms with Gasteiger partial charge in [0, 0.05) is 29.8 Å². The number of hydrogen-bond acceptors (Lipinski definition) is 2. The summed E-state index contributed by atoms with van der Waals surface area (Å²) >= 11 is 0. The van der Waals surface area contributed by atoms with Gasteiger partial charge in [0.15, 0.2) is 0 Å². The van der Waals surface area contributed by atoms with Crippen LogP contribution in [-0.4, -0.2) is 24.9 Å². The summed E-state index contributed by atoms with van der Waals surface area (Å²) in [5, 5.41) is 2.63. The van der Waals surface area contributed by atoms with Crippen LogP contribution >= 0.6 is 0 Å². The van der Waals surface area contributed by atoms with Gasteiger partial charge in [-0.25, -0.2) is 4.39 Å². The van der Waals surface area contributed by atoms with E-state index < -0.39 is 5.82 Å². The van der Waals surface area contributed by atoms with Gasteiger partial charge < -0.3 is 10.2 Å². The van der Waals surface area contributed by atoms with Crippen molar-refractivity contribution in [2.45, 2.75) is 19.3 Å². The third-order valence-electron chi connectivity index (χ3n) is 4.16. The summed E-state index contributed by atoms with van der Waals surface area (Å²) in [4.78, 5) is 25.6. The standard InChI is InChI=1S/C21H19FN2O2/c22-18-7-3-6-17(15-18)21(26)23-13-4-5-16-9-11-19(12-10-16)24-14-2-1-8-20(24)25/h3,6-7,9-12,15H,1-2,8,13-14H2,(H,23,26). The van der Waals surface area contributed by atoms with Crippen molar-refractivity contribution in [2.24, 2.45) is 0 Å². The van der Waals surface area contributed by atoms with Crippen molar-refractivity contribution in [3.63, 3.8) is 0 Å². The van der Waals surface area contributed by atoms with E-state index in [-0.39, 0.29) is 23.9 Å². The highest BCUT2D eigenvalue weighted by atomic mass is 19.1. The molecule has 2 aromatic carbocycles. The van der Waals surface area contributed by atoms with Crippen LogP contribution in [0.15, 0.2) is 48.5 Å². The van der Waals surface area contributed by atoms with Crippen LogP contribution in [0.25, 0.3) is 0 Å². The summed E-state index contributed by atoms with van der Waals surface area (Å²) in [6, 6.07) is 13.0. The van der Waals surface area contributed by atoms with Gasteiger partial charge in [0.2, 0.25) is 5.91 Å². The van der Waals surface area contributed by atoms with E-state index in [0.29, 0.717) is 6.42 Å². The van der Waals surface area contributed by atoms with E-state index in [9.17, 15) is 14.0 Å². The van der Waals surface area contributed by atoms with Gasteiger partial charge >= 0.3 is 0 Å². The summed E-state index contributed by atoms with van der Waals surface area (Å²) in [7, 11) is 0. The van der Waals surface area contributed by atoms with Gasteiger partial charge in [-0.1, -0.05) is 17.9 Å². The maximum atomic E-state index is 13.1. The SMILES string of the molecule is O=C(NCC#Cc1ccc(N2CCCCC2=O)cc1)c1cccc(F)c1. The second-order valence-electron chi connectivity index (χ2n) is 6.04. The minimum atomic E-state index is -0.448. The highest BCUT2D eigenvalue weighted by Crippen LogP contribution is 2.20. The van der Waals surface area contributed by atoms with Crippen LogP contribution in [0.3, 0.4) is 0 Å². The van der Waals surface area contributed by atoms with Crippen molar-refractivity contribution in [3.05, 3.63) is 65.5 Å². The van der Waals surface area contributed by atoms with Gasteiger partial charge in [-0.05, 0) is 55.3 Å². The fraction of sp³-hybridized carbons (Fsp3) is 0.238. The van der Waals surface area contributed by atoms with E-state index in [4.69, 9.17) is 0 Å². The number of carbonyl (C=O) groups excluding carboxylic acids is 2. The quantitative estimate of drug-likeness (QED) is 0.865. The van der Waals surface area contributed by atoms with Crippen molar-refractivity contribution >= 4 is 17.5 Å². The van der Waals surface area contributed by atoms with E-state index >= 15 is 0 Å². The minimum Gasteiger partial charge on any atom is -0.341 e. The lowest BCUT2D eigenvalue weighted by Gasteiger charge is -2.26. The largest absolute Gasteiger partial charge is 0.341 e. The Bertz CT molecular complexity index is 866. The zero-order valence-corrected chi connectivity index (χ0v) is 14.3. The van der Waals surface area contributed by atoms with Gasteiger partial charge in [-0.15, -0.1) is 0 Å². The van der Waals surface area contributed by atoms with Gasteiger partial charge in [-0.2, -0.15) is 0 Å². The molecule has 1 aliphatic rings. The van der Waals surface area contributed by atoms with Crippen molar-refractivity contribution < 1.29 is 14.0 Å². The molecule has 0 aromatic heterocycles. The van der Waals surface area contributed by atoms with Crippen molar-refractivity contribution in [1.29, 1.82) is 0 Å². The highest BCUT2D eigenvalue weighted by Gasteiger charge is 2.19. The number of rotatable bonds is 3. The first-order valence-electron chi connectivity index (χ1n) is 8.56. The predicted octanol–water partition coefficient (Wildman–Crippen LogP) is 3.12. The maximum absolute atomic E-state index is 13.1. The normalized spacial score (nSPS) is 13.7. The number of anilines is 1. The van der Waals surface area contributed by atoms with Crippen LogP contribution in [0.1, 0.15) is 35.2 Å². The van der Waals surface area contributed by atoms with Crippen molar-refractivity contribution in [1.82, 2.24) is 5.32 Å². The van der Waals surface area contributed by atoms with Crippen LogP contribution < -0.4 is 10.2 Å². The molecule has 0 unspecified atom stereocenters. The van der Waals surface area contributed by atoms with Crippen molar-refractivity contribution in [3.8, 4) is 11.8 Å². The molecule has 1 N–H and O–H groups in total. The van der Waals surface area contributed by atoms with Crippen LogP contribution in [0, 0.1) is 17.7 Å². The average Bonchev–Trinajstić information content (AvgIpc) is 2.66. The molecule has 2 amide bonds. The number of piperidine rings is 1. The van der Waals surface area contributed by atoms with Gasteiger partial charge in [0.1, 0.15) is 5.82 Å². The van der Waals surface area contributed by atoms with Gasteiger partial charge in [0.25, 0.3) is 5.91 Å². The third kappa shape index (κ3) is 4.48. The Morgan fingerprint density at radius 1 is 1.15 bits per heavy atom. The lowest BCUT2D eigenvalue weighted by Crippen LogP contribution is -2.35. The maximum Gasteiger partial charge on any atom is 0.252 e.